The van der Waals surface area contributed by atoms with Gasteiger partial charge in [0.1, 0.15) is 0 Å². The van der Waals surface area contributed by atoms with Crippen molar-refractivity contribution in [2.24, 2.45) is 0 Å². The van der Waals surface area contributed by atoms with Gasteiger partial charge in [-0.2, -0.15) is 0 Å². The maximum Gasteiger partial charge on any atom is 0.261 e. The molecule has 1 saturated heterocycles. The molecule has 0 bridgehead atoms. The van der Waals surface area contributed by atoms with Gasteiger partial charge in [-0.05, 0) is 25.1 Å². The maximum absolute atomic E-state index is 12.2. The number of hydrogen-bond acceptors (Lipinski definition) is 5. The van der Waals surface area contributed by atoms with Crippen molar-refractivity contribution in [3.05, 3.63) is 29.3 Å². The van der Waals surface area contributed by atoms with Crippen LogP contribution in [-0.4, -0.2) is 66.8 Å². The highest BCUT2D eigenvalue weighted by atomic mass is 35.5. The lowest BCUT2D eigenvalue weighted by Crippen LogP contribution is -2.51. The van der Waals surface area contributed by atoms with Crippen LogP contribution >= 0.6 is 12.4 Å². The Morgan fingerprint density at radius 3 is 2.71 bits per heavy atom. The standard InChI is InChI=1S/C16H20N4O3.ClH/c1-10-8-17-5-6-20(10)9-14(21)18-11-3-4-12-13(7-11)16(23)19(2)15(12)22;/h3-4,7,10,17H,5-6,8-9H2,1-2H3,(H,18,21);1H/t10-;/m0./s1. The quantitative estimate of drug-likeness (QED) is 0.777. The lowest BCUT2D eigenvalue weighted by Gasteiger charge is -2.33. The number of nitrogens with one attached hydrogen (secondary N) is 2. The monoisotopic (exact) mass is 352 g/mol. The van der Waals surface area contributed by atoms with Gasteiger partial charge in [0.15, 0.2) is 0 Å². The fourth-order valence-corrected chi connectivity index (χ4v) is 2.94. The molecule has 1 aromatic rings. The minimum Gasteiger partial charge on any atom is -0.325 e. The Morgan fingerprint density at radius 1 is 1.29 bits per heavy atom. The summed E-state index contributed by atoms with van der Waals surface area (Å²) in [6, 6.07) is 5.12. The van der Waals surface area contributed by atoms with Crippen molar-refractivity contribution in [3.8, 4) is 0 Å². The zero-order valence-electron chi connectivity index (χ0n) is 13.7. The van der Waals surface area contributed by atoms with E-state index in [9.17, 15) is 14.4 Å². The maximum atomic E-state index is 12.2. The smallest absolute Gasteiger partial charge is 0.261 e. The number of anilines is 1. The van der Waals surface area contributed by atoms with Crippen molar-refractivity contribution in [1.82, 2.24) is 15.1 Å². The number of piperazine rings is 1. The van der Waals surface area contributed by atoms with E-state index in [1.54, 1.807) is 18.2 Å². The average Bonchev–Trinajstić information content (AvgIpc) is 2.74. The predicted octanol–water partition coefficient (Wildman–Crippen LogP) is 0.566. The van der Waals surface area contributed by atoms with Gasteiger partial charge in [-0.15, -0.1) is 12.4 Å². The normalized spacial score (nSPS) is 20.6. The molecule has 2 heterocycles. The Balaban J connectivity index is 0.00000208. The summed E-state index contributed by atoms with van der Waals surface area (Å²) in [7, 11) is 1.45. The third-order valence-electron chi connectivity index (χ3n) is 4.36. The number of carbonyl (C=O) groups excluding carboxylic acids is 3. The topological polar surface area (TPSA) is 81.8 Å². The van der Waals surface area contributed by atoms with Crippen molar-refractivity contribution in [2.75, 3.05) is 38.5 Å². The third kappa shape index (κ3) is 3.43. The van der Waals surface area contributed by atoms with Gasteiger partial charge < -0.3 is 10.6 Å². The van der Waals surface area contributed by atoms with Crippen LogP contribution in [0.3, 0.4) is 0 Å². The number of halogens is 1. The molecule has 1 fully saturated rings. The van der Waals surface area contributed by atoms with Crippen LogP contribution in [0.15, 0.2) is 18.2 Å². The van der Waals surface area contributed by atoms with E-state index >= 15 is 0 Å². The molecule has 7 nitrogen and oxygen atoms in total. The Bertz CT molecular complexity index is 679. The minimum atomic E-state index is -0.336. The van der Waals surface area contributed by atoms with Gasteiger partial charge in [-0.25, -0.2) is 0 Å². The molecular weight excluding hydrogens is 332 g/mol. The number of amides is 3. The molecule has 0 aliphatic carbocycles. The largest absolute Gasteiger partial charge is 0.325 e. The molecule has 0 aromatic heterocycles. The second-order valence-corrected chi connectivity index (χ2v) is 6.00. The second kappa shape index (κ2) is 7.29. The summed E-state index contributed by atoms with van der Waals surface area (Å²) in [5.74, 6) is -0.766. The number of carbonyl (C=O) groups is 3. The van der Waals surface area contributed by atoms with Crippen LogP contribution in [0.2, 0.25) is 0 Å². The van der Waals surface area contributed by atoms with Crippen LogP contribution in [0.1, 0.15) is 27.6 Å². The zero-order chi connectivity index (χ0) is 16.6. The fourth-order valence-electron chi connectivity index (χ4n) is 2.94. The Kier molecular flexibility index (Phi) is 5.58. The zero-order valence-corrected chi connectivity index (χ0v) is 14.5. The molecule has 2 N–H and O–H groups in total. The summed E-state index contributed by atoms with van der Waals surface area (Å²) in [6.45, 7) is 4.96. The molecule has 1 atom stereocenters. The molecule has 0 unspecified atom stereocenters. The molecule has 8 heteroatoms. The first-order valence-corrected chi connectivity index (χ1v) is 7.68. The Morgan fingerprint density at radius 2 is 2.00 bits per heavy atom. The van der Waals surface area contributed by atoms with Crippen LogP contribution < -0.4 is 10.6 Å². The summed E-state index contributed by atoms with van der Waals surface area (Å²) in [5, 5.41) is 6.09. The van der Waals surface area contributed by atoms with E-state index in [4.69, 9.17) is 0 Å². The molecule has 0 saturated carbocycles. The van der Waals surface area contributed by atoms with Crippen LogP contribution in [-0.2, 0) is 4.79 Å². The van der Waals surface area contributed by atoms with Crippen LogP contribution in [0, 0.1) is 0 Å². The van der Waals surface area contributed by atoms with Gasteiger partial charge in [0, 0.05) is 38.4 Å². The van der Waals surface area contributed by atoms with Crippen molar-refractivity contribution in [3.63, 3.8) is 0 Å². The first kappa shape index (κ1) is 18.4. The number of imide groups is 1. The highest BCUT2D eigenvalue weighted by molar-refractivity contribution is 6.21. The molecule has 3 rings (SSSR count). The number of fused-ring (bicyclic) bond motifs is 1. The molecular formula is C16H21ClN4O3. The van der Waals surface area contributed by atoms with Crippen molar-refractivity contribution < 1.29 is 14.4 Å². The molecule has 130 valence electrons. The first-order valence-electron chi connectivity index (χ1n) is 7.68. The highest BCUT2D eigenvalue weighted by Crippen LogP contribution is 2.24. The van der Waals surface area contributed by atoms with Gasteiger partial charge in [-0.1, -0.05) is 0 Å². The van der Waals surface area contributed by atoms with Crippen molar-refractivity contribution in [2.45, 2.75) is 13.0 Å². The van der Waals surface area contributed by atoms with Crippen molar-refractivity contribution in [1.29, 1.82) is 0 Å². The lowest BCUT2D eigenvalue weighted by molar-refractivity contribution is -0.118. The van der Waals surface area contributed by atoms with Gasteiger partial charge in [0.05, 0.1) is 17.7 Å². The SMILES string of the molecule is C[C@H]1CNCCN1CC(=O)Nc1ccc2c(c1)C(=O)N(C)C2=O.Cl. The second-order valence-electron chi connectivity index (χ2n) is 6.00. The summed E-state index contributed by atoms with van der Waals surface area (Å²) < 4.78 is 0. The van der Waals surface area contributed by atoms with Crippen molar-refractivity contribution >= 4 is 35.8 Å². The summed E-state index contributed by atoms with van der Waals surface area (Å²) in [5.41, 5.74) is 1.25. The Labute approximate surface area is 146 Å². The summed E-state index contributed by atoms with van der Waals surface area (Å²) >= 11 is 0. The predicted molar refractivity (Wildman–Crippen MR) is 92.6 cm³/mol. The molecule has 0 spiro atoms. The van der Waals surface area contributed by atoms with Crippen LogP contribution in [0.25, 0.3) is 0 Å². The number of rotatable bonds is 3. The number of hydrogen-bond donors (Lipinski definition) is 2. The third-order valence-corrected chi connectivity index (χ3v) is 4.36. The molecule has 1 aromatic carbocycles. The van der Waals surface area contributed by atoms with Gasteiger partial charge in [0.25, 0.3) is 11.8 Å². The van der Waals surface area contributed by atoms with E-state index in [0.29, 0.717) is 29.4 Å². The van der Waals surface area contributed by atoms with E-state index in [1.807, 2.05) is 0 Å². The Hall–Kier alpha value is -1.96. The number of nitrogens with zero attached hydrogens (tertiary/aromatic N) is 2. The minimum absolute atomic E-state index is 0. The molecule has 24 heavy (non-hydrogen) atoms. The average molecular weight is 353 g/mol. The van der Waals surface area contributed by atoms with Crippen LogP contribution in [0.5, 0.6) is 0 Å². The van der Waals surface area contributed by atoms with Gasteiger partial charge in [0.2, 0.25) is 5.91 Å². The molecule has 3 amide bonds. The lowest BCUT2D eigenvalue weighted by atomic mass is 10.1. The van der Waals surface area contributed by atoms with E-state index < -0.39 is 0 Å². The molecule has 2 aliphatic rings. The van der Waals surface area contributed by atoms with Gasteiger partial charge in [-0.3, -0.25) is 24.2 Å². The first-order chi connectivity index (χ1) is 11.0. The van der Waals surface area contributed by atoms with E-state index in [-0.39, 0.29) is 30.1 Å². The van der Waals surface area contributed by atoms with Crippen LogP contribution in [0.4, 0.5) is 5.69 Å². The highest BCUT2D eigenvalue weighted by Gasteiger charge is 2.32. The summed E-state index contributed by atoms with van der Waals surface area (Å²) in [6.07, 6.45) is 0. The fraction of sp³-hybridized carbons (Fsp3) is 0.438. The molecule has 0 radical (unpaired) electrons. The van der Waals surface area contributed by atoms with E-state index in [0.717, 1.165) is 24.5 Å². The number of benzene rings is 1. The van der Waals surface area contributed by atoms with Gasteiger partial charge >= 0.3 is 0 Å². The van der Waals surface area contributed by atoms with E-state index in [2.05, 4.69) is 22.5 Å². The summed E-state index contributed by atoms with van der Waals surface area (Å²) in [4.78, 5) is 39.2. The van der Waals surface area contributed by atoms with E-state index in [1.165, 1.54) is 7.05 Å². The molecule has 2 aliphatic heterocycles.